The topological polar surface area (TPSA) is 43.6 Å². The van der Waals surface area contributed by atoms with Crippen LogP contribution in [0.1, 0.15) is 0 Å². The van der Waals surface area contributed by atoms with Gasteiger partial charge in [-0.05, 0) is 69.8 Å². The second-order valence-electron chi connectivity index (χ2n) is 13.7. The molecule has 0 radical (unpaired) electrons. The summed E-state index contributed by atoms with van der Waals surface area (Å²) in [6.07, 6.45) is 0. The van der Waals surface area contributed by atoms with Gasteiger partial charge in [0.05, 0.1) is 11.0 Å². The normalized spacial score (nSPS) is 11.3. The number of hydrogen-bond acceptors (Lipinski definition) is 3. The van der Waals surface area contributed by atoms with E-state index in [1.807, 2.05) is 36.4 Å². The minimum Gasteiger partial charge on any atom is -0.309 e. The van der Waals surface area contributed by atoms with Crippen molar-refractivity contribution in [3.05, 3.63) is 206 Å². The molecule has 10 aromatic rings. The summed E-state index contributed by atoms with van der Waals surface area (Å²) >= 11 is 0. The van der Waals surface area contributed by atoms with Crippen molar-refractivity contribution in [2.75, 3.05) is 0 Å². The van der Waals surface area contributed by atoms with Gasteiger partial charge in [-0.2, -0.15) is 0 Å². The highest BCUT2D eigenvalue weighted by molar-refractivity contribution is 6.10. The zero-order chi connectivity index (χ0) is 36.6. The molecule has 0 amide bonds. The van der Waals surface area contributed by atoms with E-state index >= 15 is 0 Å². The lowest BCUT2D eigenvalue weighted by Crippen LogP contribution is -2.01. The van der Waals surface area contributed by atoms with Crippen LogP contribution in [-0.2, 0) is 0 Å². The molecule has 0 N–H and O–H groups in total. The van der Waals surface area contributed by atoms with Crippen molar-refractivity contribution < 1.29 is 0 Å². The first kappa shape index (κ1) is 32.2. The first-order valence-corrected chi connectivity index (χ1v) is 18.5. The third-order valence-electron chi connectivity index (χ3n) is 10.2. The number of aromatic nitrogens is 4. The van der Waals surface area contributed by atoms with E-state index < -0.39 is 0 Å². The third kappa shape index (κ3) is 6.16. The molecule has 2 aromatic heterocycles. The summed E-state index contributed by atoms with van der Waals surface area (Å²) in [6.45, 7) is 0. The van der Waals surface area contributed by atoms with Crippen LogP contribution in [0.15, 0.2) is 206 Å². The first-order valence-electron chi connectivity index (χ1n) is 18.5. The molecule has 0 aliphatic heterocycles. The molecule has 0 atom stereocenters. The van der Waals surface area contributed by atoms with Crippen LogP contribution < -0.4 is 0 Å². The highest BCUT2D eigenvalue weighted by Crippen LogP contribution is 2.38. The first-order chi connectivity index (χ1) is 27.2. The van der Waals surface area contributed by atoms with E-state index in [1.54, 1.807) is 0 Å². The maximum Gasteiger partial charge on any atom is 0.164 e. The van der Waals surface area contributed by atoms with Gasteiger partial charge in [-0.25, -0.2) is 15.0 Å². The molecule has 0 saturated carbocycles. The van der Waals surface area contributed by atoms with E-state index in [-0.39, 0.29) is 0 Å². The average Bonchev–Trinajstić information content (AvgIpc) is 3.61. The van der Waals surface area contributed by atoms with Gasteiger partial charge in [0.1, 0.15) is 0 Å². The van der Waals surface area contributed by atoms with Crippen LogP contribution in [0.4, 0.5) is 0 Å². The van der Waals surface area contributed by atoms with Crippen LogP contribution in [0, 0.1) is 0 Å². The Balaban J connectivity index is 1.19. The quantitative estimate of drug-likeness (QED) is 0.166. The van der Waals surface area contributed by atoms with Gasteiger partial charge < -0.3 is 4.57 Å². The molecule has 2 heterocycles. The van der Waals surface area contributed by atoms with Gasteiger partial charge >= 0.3 is 0 Å². The molecule has 258 valence electrons. The smallest absolute Gasteiger partial charge is 0.164 e. The standard InChI is InChI=1S/C51H34N4/c1-5-16-35(17-6-1)39-24-15-25-40(30-39)50-52-49(38-22-11-4-12-23-38)53-51(54-50)41-28-29-46-45-26-13-14-27-47(45)55(48(46)34-41)44-32-42(36-18-7-2-8-19-36)31-43(33-44)37-20-9-3-10-21-37/h1-34H. The van der Waals surface area contributed by atoms with Crippen LogP contribution >= 0.6 is 0 Å². The number of fused-ring (bicyclic) bond motifs is 3. The van der Waals surface area contributed by atoms with E-state index in [1.165, 1.54) is 21.9 Å². The molecule has 0 saturated heterocycles. The van der Waals surface area contributed by atoms with Gasteiger partial charge in [0.2, 0.25) is 0 Å². The summed E-state index contributed by atoms with van der Waals surface area (Å²) in [7, 11) is 0. The van der Waals surface area contributed by atoms with Crippen LogP contribution in [0.5, 0.6) is 0 Å². The van der Waals surface area contributed by atoms with E-state index in [9.17, 15) is 0 Å². The van der Waals surface area contributed by atoms with Gasteiger partial charge in [-0.15, -0.1) is 0 Å². The van der Waals surface area contributed by atoms with Crippen LogP contribution in [0.3, 0.4) is 0 Å². The lowest BCUT2D eigenvalue weighted by Gasteiger charge is -2.14. The molecule has 10 rings (SSSR count). The van der Waals surface area contributed by atoms with Gasteiger partial charge in [0.25, 0.3) is 0 Å². The average molecular weight is 703 g/mol. The van der Waals surface area contributed by atoms with Gasteiger partial charge in [-0.3, -0.25) is 0 Å². The van der Waals surface area contributed by atoms with Crippen LogP contribution in [-0.4, -0.2) is 19.5 Å². The van der Waals surface area contributed by atoms with E-state index in [2.05, 4.69) is 174 Å². The van der Waals surface area contributed by atoms with E-state index in [4.69, 9.17) is 15.0 Å². The highest BCUT2D eigenvalue weighted by Gasteiger charge is 2.18. The molecule has 0 fully saturated rings. The SMILES string of the molecule is c1ccc(-c2cccc(-c3nc(-c4ccccc4)nc(-c4ccc5c6ccccc6n(-c6cc(-c7ccccc7)cc(-c7ccccc7)c6)c5c4)n3)c2)cc1. The monoisotopic (exact) mass is 702 g/mol. The lowest BCUT2D eigenvalue weighted by molar-refractivity contribution is 1.07. The molecular formula is C51H34N4. The van der Waals surface area contributed by atoms with Gasteiger partial charge in [0, 0.05) is 33.2 Å². The molecule has 0 aliphatic carbocycles. The molecule has 55 heavy (non-hydrogen) atoms. The summed E-state index contributed by atoms with van der Waals surface area (Å²) < 4.78 is 2.39. The van der Waals surface area contributed by atoms with Crippen molar-refractivity contribution in [3.63, 3.8) is 0 Å². The Morgan fingerprint density at radius 2 is 0.673 bits per heavy atom. The predicted octanol–water partition coefficient (Wildman–Crippen LogP) is 13.0. The second-order valence-corrected chi connectivity index (χ2v) is 13.7. The number of benzene rings is 8. The molecule has 4 heteroatoms. The summed E-state index contributed by atoms with van der Waals surface area (Å²) in [5.74, 6) is 1.88. The number of nitrogens with zero attached hydrogens (tertiary/aromatic N) is 4. The maximum absolute atomic E-state index is 5.17. The fourth-order valence-electron chi connectivity index (χ4n) is 7.54. The van der Waals surface area contributed by atoms with Crippen LogP contribution in [0.25, 0.3) is 95.0 Å². The Hall–Kier alpha value is -7.43. The van der Waals surface area contributed by atoms with Gasteiger partial charge in [0.15, 0.2) is 17.5 Å². The molecule has 0 spiro atoms. The zero-order valence-electron chi connectivity index (χ0n) is 29.9. The minimum atomic E-state index is 0.621. The van der Waals surface area contributed by atoms with Crippen molar-refractivity contribution >= 4 is 21.8 Å². The lowest BCUT2D eigenvalue weighted by atomic mass is 9.98. The Labute approximate surface area is 319 Å². The number of hydrogen-bond donors (Lipinski definition) is 0. The molecule has 4 nitrogen and oxygen atoms in total. The zero-order valence-corrected chi connectivity index (χ0v) is 29.9. The number of para-hydroxylation sites is 1. The van der Waals surface area contributed by atoms with Crippen molar-refractivity contribution in [1.29, 1.82) is 0 Å². The Morgan fingerprint density at radius 3 is 1.27 bits per heavy atom. The van der Waals surface area contributed by atoms with E-state index in [0.29, 0.717) is 17.5 Å². The molecule has 8 aromatic carbocycles. The fourth-order valence-corrected chi connectivity index (χ4v) is 7.54. The predicted molar refractivity (Wildman–Crippen MR) is 227 cm³/mol. The summed E-state index contributed by atoms with van der Waals surface area (Å²) in [6, 6.07) is 72.4. The summed E-state index contributed by atoms with van der Waals surface area (Å²) in [5, 5.41) is 2.35. The number of rotatable bonds is 7. The van der Waals surface area contributed by atoms with Gasteiger partial charge in [-0.1, -0.05) is 170 Å². The van der Waals surface area contributed by atoms with Crippen LogP contribution in [0.2, 0.25) is 0 Å². The fraction of sp³-hybridized carbons (Fsp3) is 0. The Morgan fingerprint density at radius 1 is 0.255 bits per heavy atom. The third-order valence-corrected chi connectivity index (χ3v) is 10.2. The molecule has 0 bridgehead atoms. The molecular weight excluding hydrogens is 669 g/mol. The highest BCUT2D eigenvalue weighted by atomic mass is 15.0. The van der Waals surface area contributed by atoms with Crippen molar-refractivity contribution in [2.45, 2.75) is 0 Å². The summed E-state index contributed by atoms with van der Waals surface area (Å²) in [5.41, 5.74) is 13.0. The Kier molecular flexibility index (Phi) is 8.12. The molecule has 0 aliphatic rings. The van der Waals surface area contributed by atoms with Crippen molar-refractivity contribution in [1.82, 2.24) is 19.5 Å². The summed E-state index contributed by atoms with van der Waals surface area (Å²) in [4.78, 5) is 15.3. The van der Waals surface area contributed by atoms with E-state index in [0.717, 1.165) is 55.7 Å². The minimum absolute atomic E-state index is 0.621. The van der Waals surface area contributed by atoms with Crippen molar-refractivity contribution in [2.24, 2.45) is 0 Å². The molecule has 0 unspecified atom stereocenters. The maximum atomic E-state index is 5.17. The Bertz CT molecular complexity index is 2900. The van der Waals surface area contributed by atoms with Crippen molar-refractivity contribution in [3.8, 4) is 73.2 Å². The second kappa shape index (κ2) is 13.8. The largest absolute Gasteiger partial charge is 0.309 e.